The van der Waals surface area contributed by atoms with Crippen molar-refractivity contribution in [3.63, 3.8) is 0 Å². The summed E-state index contributed by atoms with van der Waals surface area (Å²) in [6.07, 6.45) is 0. The summed E-state index contributed by atoms with van der Waals surface area (Å²) in [5.41, 5.74) is 1.93. The molecule has 0 aliphatic rings. The lowest BCUT2D eigenvalue weighted by Crippen LogP contribution is -2.42. The van der Waals surface area contributed by atoms with Crippen LogP contribution in [0.4, 0.5) is 0 Å². The maximum absolute atomic E-state index is 11.7. The first-order valence-electron chi connectivity index (χ1n) is 6.54. The fourth-order valence-corrected chi connectivity index (χ4v) is 1.80. The molecule has 1 amide bonds. The number of carboxylic acids is 1. The van der Waals surface area contributed by atoms with Gasteiger partial charge in [0.1, 0.15) is 5.75 Å². The van der Waals surface area contributed by atoms with Crippen LogP contribution in [0, 0.1) is 19.8 Å². The molecule has 0 saturated carbocycles. The number of aliphatic carboxylic acids is 1. The largest absolute Gasteiger partial charge is 0.483 e. The van der Waals surface area contributed by atoms with Gasteiger partial charge in [0.05, 0.1) is 5.92 Å². The fourth-order valence-electron chi connectivity index (χ4n) is 1.80. The highest BCUT2D eigenvalue weighted by molar-refractivity contribution is 5.79. The number of aryl methyl sites for hydroxylation is 2. The molecule has 0 saturated heterocycles. The minimum atomic E-state index is -0.937. The predicted molar refractivity (Wildman–Crippen MR) is 75.8 cm³/mol. The van der Waals surface area contributed by atoms with E-state index in [1.54, 1.807) is 13.8 Å². The van der Waals surface area contributed by atoms with Gasteiger partial charge in [0.15, 0.2) is 6.61 Å². The molecule has 20 heavy (non-hydrogen) atoms. The number of carbonyl (C=O) groups is 2. The number of amides is 1. The second kappa shape index (κ2) is 6.93. The van der Waals surface area contributed by atoms with Gasteiger partial charge in [-0.05, 0) is 38.8 Å². The number of para-hydroxylation sites is 1. The van der Waals surface area contributed by atoms with E-state index < -0.39 is 17.9 Å². The molecule has 0 fully saturated rings. The molecule has 2 atom stereocenters. The molecular weight excluding hydrogens is 258 g/mol. The van der Waals surface area contributed by atoms with Gasteiger partial charge < -0.3 is 15.2 Å². The third-order valence-electron chi connectivity index (χ3n) is 3.28. The molecule has 5 nitrogen and oxygen atoms in total. The second-order valence-electron chi connectivity index (χ2n) is 4.99. The van der Waals surface area contributed by atoms with Crippen LogP contribution in [0.2, 0.25) is 0 Å². The Kier molecular flexibility index (Phi) is 5.55. The summed E-state index contributed by atoms with van der Waals surface area (Å²) in [5.74, 6) is -1.21. The number of hydrogen-bond acceptors (Lipinski definition) is 3. The van der Waals surface area contributed by atoms with Crippen LogP contribution in [-0.2, 0) is 9.59 Å². The van der Waals surface area contributed by atoms with E-state index in [4.69, 9.17) is 9.84 Å². The molecule has 2 unspecified atom stereocenters. The van der Waals surface area contributed by atoms with Crippen molar-refractivity contribution in [3.05, 3.63) is 29.3 Å². The lowest BCUT2D eigenvalue weighted by Gasteiger charge is -2.18. The first kappa shape index (κ1) is 16.0. The summed E-state index contributed by atoms with van der Waals surface area (Å²) in [6, 6.07) is 5.31. The van der Waals surface area contributed by atoms with Crippen molar-refractivity contribution in [1.29, 1.82) is 0 Å². The molecule has 0 radical (unpaired) electrons. The Balaban J connectivity index is 2.54. The Morgan fingerprint density at radius 2 is 1.80 bits per heavy atom. The van der Waals surface area contributed by atoms with E-state index in [-0.39, 0.29) is 12.5 Å². The number of carbonyl (C=O) groups excluding carboxylic acids is 1. The van der Waals surface area contributed by atoms with Crippen molar-refractivity contribution in [1.82, 2.24) is 5.32 Å². The number of carboxylic acid groups (broad SMARTS) is 1. The molecule has 0 heterocycles. The summed E-state index contributed by atoms with van der Waals surface area (Å²) in [6.45, 7) is 6.92. The highest BCUT2D eigenvalue weighted by atomic mass is 16.5. The van der Waals surface area contributed by atoms with Gasteiger partial charge >= 0.3 is 5.97 Å². The second-order valence-corrected chi connectivity index (χ2v) is 4.99. The number of nitrogens with one attached hydrogen (secondary N) is 1. The molecule has 5 heteroatoms. The van der Waals surface area contributed by atoms with Crippen LogP contribution < -0.4 is 10.1 Å². The van der Waals surface area contributed by atoms with E-state index in [0.717, 1.165) is 11.1 Å². The van der Waals surface area contributed by atoms with Crippen molar-refractivity contribution >= 4 is 11.9 Å². The van der Waals surface area contributed by atoms with Gasteiger partial charge in [-0.3, -0.25) is 9.59 Å². The highest BCUT2D eigenvalue weighted by Gasteiger charge is 2.21. The van der Waals surface area contributed by atoms with Gasteiger partial charge in [0.25, 0.3) is 5.91 Å². The van der Waals surface area contributed by atoms with Crippen LogP contribution >= 0.6 is 0 Å². The van der Waals surface area contributed by atoms with Gasteiger partial charge in [-0.15, -0.1) is 0 Å². The molecule has 110 valence electrons. The summed E-state index contributed by atoms with van der Waals surface area (Å²) < 4.78 is 5.51. The normalized spacial score (nSPS) is 13.4. The number of hydrogen-bond donors (Lipinski definition) is 2. The maximum Gasteiger partial charge on any atom is 0.308 e. The zero-order chi connectivity index (χ0) is 15.3. The third kappa shape index (κ3) is 4.26. The molecule has 0 aliphatic heterocycles. The molecule has 0 aliphatic carbocycles. The van der Waals surface area contributed by atoms with Gasteiger partial charge in [-0.2, -0.15) is 0 Å². The average Bonchev–Trinajstić information content (AvgIpc) is 2.36. The Morgan fingerprint density at radius 1 is 1.25 bits per heavy atom. The van der Waals surface area contributed by atoms with E-state index in [2.05, 4.69) is 5.32 Å². The Hall–Kier alpha value is -2.04. The molecule has 1 rings (SSSR count). The molecular formula is C15H21NO4. The van der Waals surface area contributed by atoms with Crippen LogP contribution in [0.1, 0.15) is 25.0 Å². The van der Waals surface area contributed by atoms with Crippen LogP contribution in [-0.4, -0.2) is 29.6 Å². The van der Waals surface area contributed by atoms with Gasteiger partial charge in [-0.25, -0.2) is 0 Å². The number of benzene rings is 1. The van der Waals surface area contributed by atoms with Gasteiger partial charge in [0.2, 0.25) is 0 Å². The van der Waals surface area contributed by atoms with Crippen LogP contribution in [0.15, 0.2) is 18.2 Å². The average molecular weight is 279 g/mol. The highest BCUT2D eigenvalue weighted by Crippen LogP contribution is 2.22. The fraction of sp³-hybridized carbons (Fsp3) is 0.467. The van der Waals surface area contributed by atoms with Crippen molar-refractivity contribution in [2.75, 3.05) is 6.61 Å². The SMILES string of the molecule is Cc1cccc(C)c1OCC(=O)NC(C)C(C)C(=O)O. The van der Waals surface area contributed by atoms with E-state index in [1.807, 2.05) is 32.0 Å². The van der Waals surface area contributed by atoms with E-state index >= 15 is 0 Å². The monoisotopic (exact) mass is 279 g/mol. The lowest BCUT2D eigenvalue weighted by atomic mass is 10.0. The number of ether oxygens (including phenoxy) is 1. The summed E-state index contributed by atoms with van der Waals surface area (Å²) in [5, 5.41) is 11.5. The van der Waals surface area contributed by atoms with E-state index in [1.165, 1.54) is 0 Å². The summed E-state index contributed by atoms with van der Waals surface area (Å²) in [7, 11) is 0. The minimum absolute atomic E-state index is 0.123. The molecule has 2 N–H and O–H groups in total. The predicted octanol–water partition coefficient (Wildman–Crippen LogP) is 1.91. The Labute approximate surface area is 118 Å². The standard InChI is InChI=1S/C15H21NO4/c1-9-6-5-7-10(2)14(9)20-8-13(17)16-12(4)11(3)15(18)19/h5-7,11-12H,8H2,1-4H3,(H,16,17)(H,18,19). The summed E-state index contributed by atoms with van der Waals surface area (Å²) >= 11 is 0. The zero-order valence-electron chi connectivity index (χ0n) is 12.3. The molecule has 1 aromatic carbocycles. The molecule has 1 aromatic rings. The van der Waals surface area contributed by atoms with Crippen LogP contribution in [0.25, 0.3) is 0 Å². The zero-order valence-corrected chi connectivity index (χ0v) is 12.3. The molecule has 0 bridgehead atoms. The van der Waals surface area contributed by atoms with Crippen LogP contribution in [0.5, 0.6) is 5.75 Å². The van der Waals surface area contributed by atoms with E-state index in [0.29, 0.717) is 5.75 Å². The quantitative estimate of drug-likeness (QED) is 0.834. The topological polar surface area (TPSA) is 75.6 Å². The van der Waals surface area contributed by atoms with Gasteiger partial charge in [0, 0.05) is 6.04 Å². The first-order valence-corrected chi connectivity index (χ1v) is 6.54. The molecule has 0 aromatic heterocycles. The first-order chi connectivity index (χ1) is 9.32. The molecule has 0 spiro atoms. The van der Waals surface area contributed by atoms with Gasteiger partial charge in [-0.1, -0.05) is 18.2 Å². The van der Waals surface area contributed by atoms with E-state index in [9.17, 15) is 9.59 Å². The number of rotatable bonds is 6. The summed E-state index contributed by atoms with van der Waals surface area (Å²) in [4.78, 5) is 22.6. The van der Waals surface area contributed by atoms with Crippen molar-refractivity contribution in [3.8, 4) is 5.75 Å². The van der Waals surface area contributed by atoms with Crippen molar-refractivity contribution < 1.29 is 19.4 Å². The Bertz CT molecular complexity index is 478. The van der Waals surface area contributed by atoms with Crippen LogP contribution in [0.3, 0.4) is 0 Å². The third-order valence-corrected chi connectivity index (χ3v) is 3.28. The lowest BCUT2D eigenvalue weighted by molar-refractivity contribution is -0.142. The smallest absolute Gasteiger partial charge is 0.308 e. The van der Waals surface area contributed by atoms with Crippen molar-refractivity contribution in [2.45, 2.75) is 33.7 Å². The van der Waals surface area contributed by atoms with Crippen molar-refractivity contribution in [2.24, 2.45) is 5.92 Å². The Morgan fingerprint density at radius 3 is 2.30 bits per heavy atom. The maximum atomic E-state index is 11.7. The minimum Gasteiger partial charge on any atom is -0.483 e.